The quantitative estimate of drug-likeness (QED) is 0.923. The average Bonchev–Trinajstić information content (AvgIpc) is 2.58. The third kappa shape index (κ3) is 3.39. The number of anilines is 2. The van der Waals surface area contributed by atoms with E-state index in [9.17, 15) is 4.79 Å². The van der Waals surface area contributed by atoms with Crippen LogP contribution in [0.3, 0.4) is 0 Å². The average molecular weight is 308 g/mol. The van der Waals surface area contributed by atoms with E-state index >= 15 is 0 Å². The molecule has 0 unspecified atom stereocenters. The van der Waals surface area contributed by atoms with E-state index in [0.29, 0.717) is 13.0 Å². The highest BCUT2D eigenvalue weighted by Gasteiger charge is 2.21. The van der Waals surface area contributed by atoms with Crippen LogP contribution in [-0.2, 0) is 11.2 Å². The lowest BCUT2D eigenvalue weighted by Gasteiger charge is -2.29. The Morgan fingerprint density at radius 3 is 2.83 bits per heavy atom. The van der Waals surface area contributed by atoms with Crippen molar-refractivity contribution in [2.24, 2.45) is 0 Å². The molecule has 23 heavy (non-hydrogen) atoms. The Labute approximate surface area is 138 Å². The Hall–Kier alpha value is -2.29. The van der Waals surface area contributed by atoms with Gasteiger partial charge >= 0.3 is 0 Å². The Bertz CT molecular complexity index is 709. The lowest BCUT2D eigenvalue weighted by molar-refractivity contribution is -0.118. The van der Waals surface area contributed by atoms with E-state index in [4.69, 9.17) is 0 Å². The molecule has 3 heteroatoms. The molecule has 0 spiro atoms. The smallest absolute Gasteiger partial charge is 0.228 e. The molecule has 1 amide bonds. The molecule has 0 fully saturated rings. The van der Waals surface area contributed by atoms with E-state index in [-0.39, 0.29) is 5.91 Å². The Balaban J connectivity index is 1.61. The van der Waals surface area contributed by atoms with Gasteiger partial charge in [-0.1, -0.05) is 30.3 Å². The second kappa shape index (κ2) is 6.86. The number of hydrogen-bond acceptors (Lipinski definition) is 2. The summed E-state index contributed by atoms with van der Waals surface area (Å²) < 4.78 is 0. The third-order valence-corrected chi connectivity index (χ3v) is 4.67. The van der Waals surface area contributed by atoms with Crippen LogP contribution in [0.2, 0.25) is 0 Å². The van der Waals surface area contributed by atoms with E-state index in [1.807, 2.05) is 17.0 Å². The minimum atomic E-state index is 0.204. The number of amides is 1. The van der Waals surface area contributed by atoms with Crippen LogP contribution in [0.1, 0.15) is 29.5 Å². The van der Waals surface area contributed by atoms with E-state index in [1.165, 1.54) is 16.7 Å². The van der Waals surface area contributed by atoms with Crippen LogP contribution in [0.5, 0.6) is 0 Å². The number of nitrogens with zero attached hydrogens (tertiary/aromatic N) is 1. The first-order chi connectivity index (χ1) is 11.2. The van der Waals surface area contributed by atoms with Gasteiger partial charge < -0.3 is 10.2 Å². The molecule has 0 bridgehead atoms. The fourth-order valence-corrected chi connectivity index (χ4v) is 3.17. The van der Waals surface area contributed by atoms with Gasteiger partial charge in [0, 0.05) is 30.9 Å². The molecule has 0 atom stereocenters. The first kappa shape index (κ1) is 15.6. The molecule has 0 saturated heterocycles. The number of rotatable bonds is 4. The summed E-state index contributed by atoms with van der Waals surface area (Å²) in [5.41, 5.74) is 6.02. The molecular weight excluding hydrogens is 284 g/mol. The molecule has 1 aliphatic rings. The molecule has 0 aromatic heterocycles. The van der Waals surface area contributed by atoms with Gasteiger partial charge in [-0.2, -0.15) is 0 Å². The number of benzene rings is 2. The lowest BCUT2D eigenvalue weighted by atomic mass is 10.0. The summed E-state index contributed by atoms with van der Waals surface area (Å²) in [4.78, 5) is 14.5. The minimum Gasteiger partial charge on any atom is -0.384 e. The Morgan fingerprint density at radius 1 is 1.13 bits per heavy atom. The zero-order valence-corrected chi connectivity index (χ0v) is 13.9. The van der Waals surface area contributed by atoms with Gasteiger partial charge in [0.15, 0.2) is 0 Å². The van der Waals surface area contributed by atoms with Crippen molar-refractivity contribution in [3.63, 3.8) is 0 Å². The number of carbonyl (C=O) groups excluding carboxylic acids is 1. The van der Waals surface area contributed by atoms with Crippen LogP contribution in [0.25, 0.3) is 0 Å². The first-order valence-electron chi connectivity index (χ1n) is 8.35. The molecule has 120 valence electrons. The predicted molar refractivity (Wildman–Crippen MR) is 96.1 cm³/mol. The molecule has 1 N–H and O–H groups in total. The second-order valence-corrected chi connectivity index (χ2v) is 6.20. The fraction of sp³-hybridized carbons (Fsp3) is 0.350. The molecule has 1 heterocycles. The fourth-order valence-electron chi connectivity index (χ4n) is 3.17. The van der Waals surface area contributed by atoms with Crippen LogP contribution in [0.4, 0.5) is 11.4 Å². The van der Waals surface area contributed by atoms with Gasteiger partial charge in [-0.3, -0.25) is 4.79 Å². The number of nitrogens with one attached hydrogen (secondary N) is 1. The third-order valence-electron chi connectivity index (χ3n) is 4.67. The van der Waals surface area contributed by atoms with E-state index in [2.05, 4.69) is 49.5 Å². The van der Waals surface area contributed by atoms with E-state index in [1.54, 1.807) is 0 Å². The van der Waals surface area contributed by atoms with Crippen molar-refractivity contribution in [1.29, 1.82) is 0 Å². The van der Waals surface area contributed by atoms with Gasteiger partial charge in [0.05, 0.1) is 0 Å². The maximum absolute atomic E-state index is 12.6. The van der Waals surface area contributed by atoms with Gasteiger partial charge in [-0.05, 0) is 55.5 Å². The van der Waals surface area contributed by atoms with Crippen LogP contribution in [0.15, 0.2) is 42.5 Å². The normalized spacial score (nSPS) is 13.6. The predicted octanol–water partition coefficient (Wildman–Crippen LogP) is 4.08. The van der Waals surface area contributed by atoms with Crippen molar-refractivity contribution < 1.29 is 4.79 Å². The zero-order chi connectivity index (χ0) is 16.2. The highest BCUT2D eigenvalue weighted by molar-refractivity contribution is 5.94. The van der Waals surface area contributed by atoms with Gasteiger partial charge in [-0.25, -0.2) is 0 Å². The zero-order valence-electron chi connectivity index (χ0n) is 13.9. The minimum absolute atomic E-state index is 0.204. The Morgan fingerprint density at radius 2 is 1.96 bits per heavy atom. The summed E-state index contributed by atoms with van der Waals surface area (Å²) in [6.07, 6.45) is 2.63. The van der Waals surface area contributed by atoms with Crippen LogP contribution in [-0.4, -0.2) is 19.0 Å². The Kier molecular flexibility index (Phi) is 4.65. The molecule has 2 aromatic rings. The maximum Gasteiger partial charge on any atom is 0.228 e. The highest BCUT2D eigenvalue weighted by Crippen LogP contribution is 2.27. The van der Waals surface area contributed by atoms with Gasteiger partial charge in [0.2, 0.25) is 5.91 Å². The molecule has 3 nitrogen and oxygen atoms in total. The van der Waals surface area contributed by atoms with Gasteiger partial charge in [0.25, 0.3) is 0 Å². The van der Waals surface area contributed by atoms with Crippen molar-refractivity contribution >= 4 is 17.3 Å². The van der Waals surface area contributed by atoms with Gasteiger partial charge in [0.1, 0.15) is 0 Å². The molecule has 3 rings (SSSR count). The van der Waals surface area contributed by atoms with Crippen LogP contribution >= 0.6 is 0 Å². The van der Waals surface area contributed by atoms with Crippen molar-refractivity contribution in [2.45, 2.75) is 33.1 Å². The molecule has 1 aliphatic heterocycles. The van der Waals surface area contributed by atoms with Crippen molar-refractivity contribution in [1.82, 2.24) is 0 Å². The topological polar surface area (TPSA) is 32.3 Å². The number of hydrogen-bond donors (Lipinski definition) is 1. The van der Waals surface area contributed by atoms with Crippen molar-refractivity contribution in [2.75, 3.05) is 23.3 Å². The number of fused-ring (bicyclic) bond motifs is 1. The summed E-state index contributed by atoms with van der Waals surface area (Å²) in [7, 11) is 0. The SMILES string of the molecule is Cc1cccc(NCCC(=O)N2CCCc3ccccc32)c1C. The highest BCUT2D eigenvalue weighted by atomic mass is 16.2. The van der Waals surface area contributed by atoms with Crippen LogP contribution < -0.4 is 10.2 Å². The molecule has 0 aliphatic carbocycles. The number of aryl methyl sites for hydroxylation is 2. The van der Waals surface area contributed by atoms with Crippen molar-refractivity contribution in [3.05, 3.63) is 59.2 Å². The summed E-state index contributed by atoms with van der Waals surface area (Å²) >= 11 is 0. The maximum atomic E-state index is 12.6. The monoisotopic (exact) mass is 308 g/mol. The van der Waals surface area contributed by atoms with Crippen LogP contribution in [0, 0.1) is 13.8 Å². The molecule has 0 saturated carbocycles. The summed E-state index contributed by atoms with van der Waals surface area (Å²) in [6.45, 7) is 5.72. The van der Waals surface area contributed by atoms with Crippen molar-refractivity contribution in [3.8, 4) is 0 Å². The van der Waals surface area contributed by atoms with E-state index < -0.39 is 0 Å². The first-order valence-corrected chi connectivity index (χ1v) is 8.35. The second-order valence-electron chi connectivity index (χ2n) is 6.20. The van der Waals surface area contributed by atoms with E-state index in [0.717, 1.165) is 30.8 Å². The van der Waals surface area contributed by atoms with Gasteiger partial charge in [-0.15, -0.1) is 0 Å². The molecule has 0 radical (unpaired) electrons. The standard InChI is InChI=1S/C20H24N2O/c1-15-7-5-10-18(16(15)2)21-13-12-20(23)22-14-6-9-17-8-3-4-11-19(17)22/h3-5,7-8,10-11,21H,6,9,12-14H2,1-2H3. The summed E-state index contributed by atoms with van der Waals surface area (Å²) in [5, 5.41) is 3.40. The lowest BCUT2D eigenvalue weighted by Crippen LogP contribution is -2.36. The molecule has 2 aromatic carbocycles. The number of para-hydroxylation sites is 1. The number of carbonyl (C=O) groups is 1. The largest absolute Gasteiger partial charge is 0.384 e. The summed E-state index contributed by atoms with van der Waals surface area (Å²) in [6, 6.07) is 14.5. The summed E-state index contributed by atoms with van der Waals surface area (Å²) in [5.74, 6) is 0.204. The molecular formula is C20H24N2O.